The number of pyridine rings is 1. The van der Waals surface area contributed by atoms with Gasteiger partial charge in [0.05, 0.1) is 22.2 Å². The van der Waals surface area contributed by atoms with Crippen molar-refractivity contribution in [2.24, 2.45) is 0 Å². The molecule has 0 saturated heterocycles. The molecular weight excluding hydrogens is 287 g/mol. The van der Waals surface area contributed by atoms with Gasteiger partial charge in [-0.1, -0.05) is 6.07 Å². The Morgan fingerprint density at radius 3 is 2.43 bits per heavy atom. The van der Waals surface area contributed by atoms with E-state index in [1.807, 2.05) is 0 Å². The Labute approximate surface area is 117 Å². The third kappa shape index (κ3) is 3.10. The highest BCUT2D eigenvalue weighted by molar-refractivity contribution is 5.68. The molecule has 1 heterocycles. The molecule has 0 saturated carbocycles. The maximum absolute atomic E-state index is 12.6. The number of hydrogen-bond acceptors (Lipinski definition) is 4. The third-order valence-electron chi connectivity index (χ3n) is 2.87. The summed E-state index contributed by atoms with van der Waals surface area (Å²) in [4.78, 5) is 14.1. The molecule has 0 aliphatic heterocycles. The molecule has 2 aromatic rings. The Hall–Kier alpha value is -2.64. The molecule has 5 nitrogen and oxygen atoms in total. The summed E-state index contributed by atoms with van der Waals surface area (Å²) in [7, 11) is 0. The van der Waals surface area contributed by atoms with E-state index in [9.17, 15) is 23.3 Å². The molecule has 8 heteroatoms. The number of nitrogen functional groups attached to an aromatic ring is 1. The fourth-order valence-electron chi connectivity index (χ4n) is 1.91. The summed E-state index contributed by atoms with van der Waals surface area (Å²) in [6.45, 7) is 1.47. The molecule has 0 bridgehead atoms. The Kier molecular flexibility index (Phi) is 3.54. The normalized spacial score (nSPS) is 11.4. The molecule has 0 unspecified atom stereocenters. The molecule has 0 fully saturated rings. The Bertz CT molecular complexity index is 714. The van der Waals surface area contributed by atoms with Gasteiger partial charge in [0.25, 0.3) is 5.69 Å². The van der Waals surface area contributed by atoms with Crippen LogP contribution >= 0.6 is 0 Å². The topological polar surface area (TPSA) is 82.0 Å². The molecule has 0 radical (unpaired) electrons. The molecule has 110 valence electrons. The highest BCUT2D eigenvalue weighted by Crippen LogP contribution is 2.33. The fraction of sp³-hybridized carbons (Fsp3) is 0.154. The lowest BCUT2D eigenvalue weighted by molar-refractivity contribution is -0.384. The number of nitro groups is 1. The Balaban J connectivity index is 2.55. The van der Waals surface area contributed by atoms with Crippen LogP contribution in [0.25, 0.3) is 11.3 Å². The van der Waals surface area contributed by atoms with Crippen LogP contribution in [0.3, 0.4) is 0 Å². The van der Waals surface area contributed by atoms with Crippen LogP contribution in [-0.4, -0.2) is 9.91 Å². The highest BCUT2D eigenvalue weighted by Gasteiger charge is 2.30. The number of nitrogens with zero attached hydrogens (tertiary/aromatic N) is 2. The number of halogens is 3. The SMILES string of the molecule is Cc1cc(C(F)(F)F)ccc1-c1cc([N+](=O)[O-])cc(N)n1. The number of nitrogens with two attached hydrogens (primary N) is 1. The molecule has 21 heavy (non-hydrogen) atoms. The van der Waals surface area contributed by atoms with E-state index in [0.29, 0.717) is 11.1 Å². The minimum atomic E-state index is -4.45. The van der Waals surface area contributed by atoms with Gasteiger partial charge < -0.3 is 5.73 Å². The average molecular weight is 297 g/mol. The molecular formula is C13H10F3N3O2. The quantitative estimate of drug-likeness (QED) is 0.678. The van der Waals surface area contributed by atoms with Crippen molar-refractivity contribution in [3.05, 3.63) is 51.6 Å². The number of benzene rings is 1. The lowest BCUT2D eigenvalue weighted by Gasteiger charge is -2.11. The Morgan fingerprint density at radius 1 is 1.24 bits per heavy atom. The van der Waals surface area contributed by atoms with Gasteiger partial charge >= 0.3 is 6.18 Å². The van der Waals surface area contributed by atoms with Crippen LogP contribution in [-0.2, 0) is 6.18 Å². The van der Waals surface area contributed by atoms with Crippen molar-refractivity contribution in [1.29, 1.82) is 0 Å². The van der Waals surface area contributed by atoms with Crippen molar-refractivity contribution in [1.82, 2.24) is 4.98 Å². The maximum Gasteiger partial charge on any atom is 0.416 e. The molecule has 0 spiro atoms. The van der Waals surface area contributed by atoms with Crippen molar-refractivity contribution in [3.8, 4) is 11.3 Å². The second-order valence-electron chi connectivity index (χ2n) is 4.42. The minimum absolute atomic E-state index is 0.0708. The number of alkyl halides is 3. The second kappa shape index (κ2) is 5.04. The van der Waals surface area contributed by atoms with Crippen molar-refractivity contribution in [3.63, 3.8) is 0 Å². The van der Waals surface area contributed by atoms with E-state index in [-0.39, 0.29) is 17.2 Å². The van der Waals surface area contributed by atoms with Crippen LogP contribution in [0.2, 0.25) is 0 Å². The first-order chi connectivity index (χ1) is 9.68. The molecule has 0 atom stereocenters. The second-order valence-corrected chi connectivity index (χ2v) is 4.42. The summed E-state index contributed by atoms with van der Waals surface area (Å²) in [5.41, 5.74) is 5.25. The van der Waals surface area contributed by atoms with E-state index in [1.54, 1.807) is 0 Å². The summed E-state index contributed by atoms with van der Waals surface area (Å²) < 4.78 is 37.8. The van der Waals surface area contributed by atoms with Crippen LogP contribution in [0.1, 0.15) is 11.1 Å². The summed E-state index contributed by atoms with van der Waals surface area (Å²) >= 11 is 0. The fourth-order valence-corrected chi connectivity index (χ4v) is 1.91. The van der Waals surface area contributed by atoms with E-state index in [2.05, 4.69) is 4.98 Å². The number of aromatic nitrogens is 1. The smallest absolute Gasteiger partial charge is 0.383 e. The molecule has 2 rings (SSSR count). The van der Waals surface area contributed by atoms with Gasteiger partial charge in [-0.3, -0.25) is 10.1 Å². The van der Waals surface area contributed by atoms with Gasteiger partial charge in [-0.15, -0.1) is 0 Å². The van der Waals surface area contributed by atoms with Crippen molar-refractivity contribution in [2.45, 2.75) is 13.1 Å². The molecule has 0 aliphatic carbocycles. The van der Waals surface area contributed by atoms with Gasteiger partial charge in [-0.2, -0.15) is 13.2 Å². The molecule has 0 amide bonds. The molecule has 1 aromatic carbocycles. The van der Waals surface area contributed by atoms with Gasteiger partial charge in [-0.05, 0) is 24.6 Å². The predicted molar refractivity (Wildman–Crippen MR) is 70.5 cm³/mol. The van der Waals surface area contributed by atoms with Gasteiger partial charge in [0.1, 0.15) is 5.82 Å². The standard InChI is InChI=1S/C13H10F3N3O2/c1-7-4-8(13(14,15)16)2-3-10(7)11-5-9(19(20)21)6-12(17)18-11/h2-6H,1H3,(H2,17,18). The summed E-state index contributed by atoms with van der Waals surface area (Å²) in [5.74, 6) is -0.0708. The Morgan fingerprint density at radius 2 is 1.90 bits per heavy atom. The molecule has 1 aromatic heterocycles. The van der Waals surface area contributed by atoms with Crippen LogP contribution in [0, 0.1) is 17.0 Å². The first-order valence-electron chi connectivity index (χ1n) is 5.78. The first-order valence-corrected chi connectivity index (χ1v) is 5.78. The van der Waals surface area contributed by atoms with Gasteiger partial charge in [0.2, 0.25) is 0 Å². The highest BCUT2D eigenvalue weighted by atomic mass is 19.4. The third-order valence-corrected chi connectivity index (χ3v) is 2.87. The first kappa shape index (κ1) is 14.8. The zero-order chi connectivity index (χ0) is 15.8. The van der Waals surface area contributed by atoms with Crippen LogP contribution in [0.5, 0.6) is 0 Å². The van der Waals surface area contributed by atoms with Crippen LogP contribution in [0.4, 0.5) is 24.7 Å². The number of hydrogen-bond donors (Lipinski definition) is 1. The van der Waals surface area contributed by atoms with Crippen LogP contribution in [0.15, 0.2) is 30.3 Å². The van der Waals surface area contributed by atoms with Crippen molar-refractivity contribution < 1.29 is 18.1 Å². The number of aryl methyl sites for hydroxylation is 1. The maximum atomic E-state index is 12.6. The van der Waals surface area contributed by atoms with E-state index in [0.717, 1.165) is 18.2 Å². The van der Waals surface area contributed by atoms with E-state index >= 15 is 0 Å². The average Bonchev–Trinajstić information content (AvgIpc) is 2.36. The van der Waals surface area contributed by atoms with Gasteiger partial charge in [-0.25, -0.2) is 4.98 Å². The number of anilines is 1. The van der Waals surface area contributed by atoms with Crippen molar-refractivity contribution >= 4 is 11.5 Å². The zero-order valence-corrected chi connectivity index (χ0v) is 10.8. The number of rotatable bonds is 2. The monoisotopic (exact) mass is 297 g/mol. The zero-order valence-electron chi connectivity index (χ0n) is 10.8. The van der Waals surface area contributed by atoms with Crippen molar-refractivity contribution in [2.75, 3.05) is 5.73 Å². The summed E-state index contributed by atoms with van der Waals surface area (Å²) in [5, 5.41) is 10.8. The summed E-state index contributed by atoms with van der Waals surface area (Å²) in [6, 6.07) is 5.35. The largest absolute Gasteiger partial charge is 0.416 e. The summed E-state index contributed by atoms with van der Waals surface area (Å²) in [6.07, 6.45) is -4.45. The van der Waals surface area contributed by atoms with Gasteiger partial charge in [0, 0.05) is 11.6 Å². The van der Waals surface area contributed by atoms with E-state index < -0.39 is 16.7 Å². The lowest BCUT2D eigenvalue weighted by atomic mass is 10.0. The lowest BCUT2D eigenvalue weighted by Crippen LogP contribution is -2.05. The predicted octanol–water partition coefficient (Wildman–Crippen LogP) is 3.57. The molecule has 2 N–H and O–H groups in total. The minimum Gasteiger partial charge on any atom is -0.383 e. The molecule has 0 aliphatic rings. The van der Waals surface area contributed by atoms with Crippen LogP contribution < -0.4 is 5.73 Å². The van der Waals surface area contributed by atoms with Gasteiger partial charge in [0.15, 0.2) is 0 Å². The van der Waals surface area contributed by atoms with E-state index in [1.165, 1.54) is 19.1 Å². The van der Waals surface area contributed by atoms with E-state index in [4.69, 9.17) is 5.73 Å².